The second-order valence-electron chi connectivity index (χ2n) is 6.07. The molecule has 0 fully saturated rings. The monoisotopic (exact) mass is 409 g/mol. The number of ether oxygens (including phenoxy) is 2. The molecule has 0 atom stereocenters. The van der Waals surface area contributed by atoms with Gasteiger partial charge in [0.25, 0.3) is 0 Å². The number of hydrogen-bond donors (Lipinski definition) is 2. The van der Waals surface area contributed by atoms with Crippen LogP contribution in [0.2, 0.25) is 0 Å². The van der Waals surface area contributed by atoms with Crippen molar-refractivity contribution in [3.8, 4) is 11.5 Å². The third-order valence-electron chi connectivity index (χ3n) is 3.91. The summed E-state index contributed by atoms with van der Waals surface area (Å²) in [5.41, 5.74) is 1.86. The first-order valence-corrected chi connectivity index (χ1v) is 10.2. The molecule has 0 saturated heterocycles. The topological polar surface area (TPSA) is 72.5 Å². The van der Waals surface area contributed by atoms with E-state index < -0.39 is 0 Å². The van der Waals surface area contributed by atoms with Crippen molar-refractivity contribution in [3.63, 3.8) is 0 Å². The molecule has 0 saturated carbocycles. The predicted molar refractivity (Wildman–Crippen MR) is 116 cm³/mol. The minimum atomic E-state index is -0.270. The number of rotatable bonds is 9. The Morgan fingerprint density at radius 2 is 1.90 bits per heavy atom. The molecule has 0 unspecified atom stereocenters. The van der Waals surface area contributed by atoms with Gasteiger partial charge in [0.05, 0.1) is 18.7 Å². The van der Waals surface area contributed by atoms with Crippen LogP contribution in [0.1, 0.15) is 5.56 Å². The molecule has 29 heavy (non-hydrogen) atoms. The summed E-state index contributed by atoms with van der Waals surface area (Å²) in [7, 11) is 1.61. The number of carbonyl (C=O) groups is 1. The van der Waals surface area contributed by atoms with Crippen molar-refractivity contribution in [2.24, 2.45) is 0 Å². The number of carbonyl (C=O) groups excluding carboxylic acids is 1. The number of nitrogens with one attached hydrogen (secondary N) is 2. The Morgan fingerprint density at radius 3 is 2.72 bits per heavy atom. The van der Waals surface area contributed by atoms with Gasteiger partial charge in [0.2, 0.25) is 0 Å². The van der Waals surface area contributed by atoms with Gasteiger partial charge in [0.1, 0.15) is 18.1 Å². The lowest BCUT2D eigenvalue weighted by Crippen LogP contribution is -2.32. The molecule has 150 valence electrons. The smallest absolute Gasteiger partial charge is 0.319 e. The average Bonchev–Trinajstić information content (AvgIpc) is 2.76. The largest absolute Gasteiger partial charge is 0.497 e. The normalized spacial score (nSPS) is 10.2. The Hall–Kier alpha value is -3.19. The van der Waals surface area contributed by atoms with Crippen molar-refractivity contribution in [2.45, 2.75) is 10.8 Å². The lowest BCUT2D eigenvalue weighted by atomic mass is 10.2. The van der Waals surface area contributed by atoms with Crippen molar-refractivity contribution < 1.29 is 14.3 Å². The Morgan fingerprint density at radius 1 is 1.03 bits per heavy atom. The zero-order valence-electron chi connectivity index (χ0n) is 16.1. The van der Waals surface area contributed by atoms with Crippen LogP contribution in [-0.4, -0.2) is 31.3 Å². The number of pyridine rings is 1. The van der Waals surface area contributed by atoms with Gasteiger partial charge in [-0.3, -0.25) is 0 Å². The van der Waals surface area contributed by atoms with E-state index in [1.165, 1.54) is 0 Å². The molecule has 0 aliphatic rings. The number of amides is 2. The van der Waals surface area contributed by atoms with Crippen LogP contribution in [-0.2, 0) is 5.75 Å². The summed E-state index contributed by atoms with van der Waals surface area (Å²) in [6, 6.07) is 20.7. The number of nitrogens with zero attached hydrogens (tertiary/aromatic N) is 1. The minimum Gasteiger partial charge on any atom is -0.497 e. The van der Waals surface area contributed by atoms with Gasteiger partial charge in [0.15, 0.2) is 0 Å². The number of anilines is 1. The fourth-order valence-corrected chi connectivity index (χ4v) is 3.33. The molecule has 0 aliphatic carbocycles. The van der Waals surface area contributed by atoms with E-state index in [0.717, 1.165) is 27.8 Å². The zero-order valence-corrected chi connectivity index (χ0v) is 16.9. The molecular weight excluding hydrogens is 386 g/mol. The third kappa shape index (κ3) is 7.04. The van der Waals surface area contributed by atoms with Gasteiger partial charge in [-0.25, -0.2) is 9.78 Å². The summed E-state index contributed by atoms with van der Waals surface area (Å²) in [5.74, 6) is 2.21. The Balaban J connectivity index is 1.40. The highest BCUT2D eigenvalue weighted by molar-refractivity contribution is 7.98. The highest BCUT2D eigenvalue weighted by Gasteiger charge is 2.04. The SMILES string of the molecule is COc1cccc(OCCNC(=O)Nc2cccc(CSc3ccccn3)c2)c1. The van der Waals surface area contributed by atoms with E-state index in [1.807, 2.05) is 60.7 Å². The maximum absolute atomic E-state index is 12.1. The van der Waals surface area contributed by atoms with E-state index in [9.17, 15) is 4.79 Å². The molecule has 0 bridgehead atoms. The molecule has 0 radical (unpaired) electrons. The van der Waals surface area contributed by atoms with Crippen LogP contribution in [0.3, 0.4) is 0 Å². The Bertz CT molecular complexity index is 922. The summed E-state index contributed by atoms with van der Waals surface area (Å²) in [6.45, 7) is 0.750. The number of thioether (sulfide) groups is 1. The number of urea groups is 1. The second kappa shape index (κ2) is 11.0. The molecule has 6 nitrogen and oxygen atoms in total. The zero-order chi connectivity index (χ0) is 20.3. The van der Waals surface area contributed by atoms with Gasteiger partial charge in [-0.2, -0.15) is 0 Å². The Kier molecular flexibility index (Phi) is 7.77. The predicted octanol–water partition coefficient (Wildman–Crippen LogP) is 4.58. The molecule has 2 aromatic carbocycles. The van der Waals surface area contributed by atoms with Gasteiger partial charge >= 0.3 is 6.03 Å². The van der Waals surface area contributed by atoms with Crippen LogP contribution in [0.4, 0.5) is 10.5 Å². The van der Waals surface area contributed by atoms with Crippen LogP contribution in [0.15, 0.2) is 78.0 Å². The lowest BCUT2D eigenvalue weighted by molar-refractivity contribution is 0.247. The first-order chi connectivity index (χ1) is 14.2. The van der Waals surface area contributed by atoms with Crippen LogP contribution in [0.25, 0.3) is 0 Å². The van der Waals surface area contributed by atoms with Crippen molar-refractivity contribution in [3.05, 3.63) is 78.5 Å². The standard InChI is InChI=1S/C22H23N3O3S/c1-27-19-8-5-9-20(15-19)28-13-12-24-22(26)25-18-7-4-6-17(14-18)16-29-21-10-2-3-11-23-21/h2-11,14-15H,12-13,16H2,1H3,(H2,24,25,26). The first kappa shape index (κ1) is 20.5. The maximum atomic E-state index is 12.1. The van der Waals surface area contributed by atoms with E-state index in [2.05, 4.69) is 15.6 Å². The van der Waals surface area contributed by atoms with Crippen LogP contribution < -0.4 is 20.1 Å². The van der Waals surface area contributed by atoms with Crippen LogP contribution in [0.5, 0.6) is 11.5 Å². The number of methoxy groups -OCH3 is 1. The highest BCUT2D eigenvalue weighted by atomic mass is 32.2. The van der Waals surface area contributed by atoms with Crippen molar-refractivity contribution >= 4 is 23.5 Å². The van der Waals surface area contributed by atoms with E-state index >= 15 is 0 Å². The van der Waals surface area contributed by atoms with Gasteiger partial charge in [-0.1, -0.05) is 24.3 Å². The maximum Gasteiger partial charge on any atom is 0.319 e. The summed E-state index contributed by atoms with van der Waals surface area (Å²) in [5, 5.41) is 6.60. The lowest BCUT2D eigenvalue weighted by Gasteiger charge is -2.10. The van der Waals surface area contributed by atoms with E-state index in [-0.39, 0.29) is 6.03 Å². The minimum absolute atomic E-state index is 0.270. The van der Waals surface area contributed by atoms with Gasteiger partial charge < -0.3 is 20.1 Å². The molecule has 1 heterocycles. The molecule has 0 spiro atoms. The quantitative estimate of drug-likeness (QED) is 0.400. The van der Waals surface area contributed by atoms with Gasteiger partial charge in [0, 0.05) is 23.7 Å². The summed E-state index contributed by atoms with van der Waals surface area (Å²) in [4.78, 5) is 16.4. The molecule has 2 amide bonds. The molecule has 2 N–H and O–H groups in total. The summed E-state index contributed by atoms with van der Waals surface area (Å²) < 4.78 is 10.8. The molecule has 7 heteroatoms. The number of hydrogen-bond acceptors (Lipinski definition) is 5. The summed E-state index contributed by atoms with van der Waals surface area (Å²) >= 11 is 1.65. The van der Waals surface area contributed by atoms with Crippen molar-refractivity contribution in [1.29, 1.82) is 0 Å². The fourth-order valence-electron chi connectivity index (χ4n) is 2.53. The molecule has 3 aromatic rings. The van der Waals surface area contributed by atoms with Crippen molar-refractivity contribution in [1.82, 2.24) is 10.3 Å². The fraction of sp³-hybridized carbons (Fsp3) is 0.182. The van der Waals surface area contributed by atoms with E-state index in [4.69, 9.17) is 9.47 Å². The van der Waals surface area contributed by atoms with E-state index in [0.29, 0.717) is 18.9 Å². The molecule has 1 aromatic heterocycles. The average molecular weight is 410 g/mol. The highest BCUT2D eigenvalue weighted by Crippen LogP contribution is 2.22. The Labute approximate surface area is 174 Å². The number of benzene rings is 2. The first-order valence-electron chi connectivity index (χ1n) is 9.17. The molecular formula is C22H23N3O3S. The van der Waals surface area contributed by atoms with Gasteiger partial charge in [-0.05, 0) is 42.0 Å². The third-order valence-corrected chi connectivity index (χ3v) is 4.92. The van der Waals surface area contributed by atoms with Crippen LogP contribution in [0, 0.1) is 0 Å². The van der Waals surface area contributed by atoms with Gasteiger partial charge in [-0.15, -0.1) is 11.8 Å². The molecule has 3 rings (SSSR count). The molecule has 0 aliphatic heterocycles. The van der Waals surface area contributed by atoms with Crippen molar-refractivity contribution in [2.75, 3.05) is 25.6 Å². The number of aromatic nitrogens is 1. The second-order valence-corrected chi connectivity index (χ2v) is 7.06. The van der Waals surface area contributed by atoms with Crippen LogP contribution >= 0.6 is 11.8 Å². The summed E-state index contributed by atoms with van der Waals surface area (Å²) in [6.07, 6.45) is 1.78. The van der Waals surface area contributed by atoms with E-state index in [1.54, 1.807) is 31.1 Å².